The maximum absolute atomic E-state index is 13.1. The number of para-hydroxylation sites is 1. The predicted octanol–water partition coefficient (Wildman–Crippen LogP) is 1.56. The van der Waals surface area contributed by atoms with Crippen molar-refractivity contribution in [2.75, 3.05) is 0 Å². The molecule has 4 nitrogen and oxygen atoms in total. The van der Waals surface area contributed by atoms with Crippen molar-refractivity contribution in [3.8, 4) is 5.75 Å². The minimum absolute atomic E-state index is 0.0876. The number of hydrogen-bond donors (Lipinski definition) is 0. The zero-order valence-electron chi connectivity index (χ0n) is 7.22. The summed E-state index contributed by atoms with van der Waals surface area (Å²) in [6.45, 7) is 0. The van der Waals surface area contributed by atoms with Crippen molar-refractivity contribution in [1.82, 2.24) is 0 Å². The van der Waals surface area contributed by atoms with Crippen molar-refractivity contribution in [3.05, 3.63) is 39.9 Å². The fourth-order valence-corrected chi connectivity index (χ4v) is 1.48. The van der Waals surface area contributed by atoms with Crippen LogP contribution in [0.4, 0.5) is 4.39 Å². The summed E-state index contributed by atoms with van der Waals surface area (Å²) in [7, 11) is 0. The number of hydrogen-bond acceptors (Lipinski definition) is 3. The molecular formula is C9H8FNO3. The first-order chi connectivity index (χ1) is 6.68. The fourth-order valence-electron chi connectivity index (χ4n) is 1.48. The minimum atomic E-state index is -1.85. The molecule has 0 N–H and O–H groups in total. The van der Waals surface area contributed by atoms with Gasteiger partial charge in [-0.3, -0.25) is 10.1 Å². The molecular weight excluding hydrogens is 189 g/mol. The standard InChI is InChI=1S/C9H8FNO3/c10-9-7(11(12)13)5-6-3-1-2-4-8(6)14-9/h1-4,7,9H,5H2. The molecule has 0 saturated heterocycles. The Morgan fingerprint density at radius 3 is 2.93 bits per heavy atom. The average Bonchev–Trinajstić information content (AvgIpc) is 2.16. The Morgan fingerprint density at radius 1 is 1.50 bits per heavy atom. The number of nitrogens with zero attached hydrogens (tertiary/aromatic N) is 1. The van der Waals surface area contributed by atoms with Crippen LogP contribution in [0.5, 0.6) is 5.75 Å². The molecule has 1 aromatic rings. The van der Waals surface area contributed by atoms with E-state index in [4.69, 9.17) is 4.74 Å². The van der Waals surface area contributed by atoms with Gasteiger partial charge in [0.2, 0.25) is 0 Å². The number of ether oxygens (including phenoxy) is 1. The maximum Gasteiger partial charge on any atom is 0.305 e. The highest BCUT2D eigenvalue weighted by atomic mass is 19.1. The summed E-state index contributed by atoms with van der Waals surface area (Å²) in [6, 6.07) is 5.48. The van der Waals surface area contributed by atoms with Crippen LogP contribution < -0.4 is 4.74 Å². The van der Waals surface area contributed by atoms with Gasteiger partial charge in [0.05, 0.1) is 6.42 Å². The zero-order chi connectivity index (χ0) is 10.1. The third-order valence-electron chi connectivity index (χ3n) is 2.21. The van der Waals surface area contributed by atoms with Crippen molar-refractivity contribution in [2.24, 2.45) is 0 Å². The largest absolute Gasteiger partial charge is 0.453 e. The highest BCUT2D eigenvalue weighted by Gasteiger charge is 2.38. The Kier molecular flexibility index (Phi) is 2.07. The van der Waals surface area contributed by atoms with Crippen molar-refractivity contribution in [2.45, 2.75) is 18.8 Å². The van der Waals surface area contributed by atoms with Crippen molar-refractivity contribution >= 4 is 0 Å². The molecule has 5 heteroatoms. The van der Waals surface area contributed by atoms with E-state index in [0.717, 1.165) is 0 Å². The molecule has 1 heterocycles. The summed E-state index contributed by atoms with van der Waals surface area (Å²) in [5, 5.41) is 10.5. The fraction of sp³-hybridized carbons (Fsp3) is 0.333. The second-order valence-electron chi connectivity index (χ2n) is 3.13. The molecule has 0 bridgehead atoms. The Morgan fingerprint density at radius 2 is 2.21 bits per heavy atom. The second-order valence-corrected chi connectivity index (χ2v) is 3.13. The van der Waals surface area contributed by atoms with Gasteiger partial charge in [-0.2, -0.15) is 4.39 Å². The number of halogens is 1. The van der Waals surface area contributed by atoms with E-state index in [2.05, 4.69) is 0 Å². The number of alkyl halides is 1. The Labute approximate surface area is 79.5 Å². The first-order valence-electron chi connectivity index (χ1n) is 4.20. The van der Waals surface area contributed by atoms with Gasteiger partial charge in [-0.05, 0) is 6.07 Å². The third kappa shape index (κ3) is 1.41. The molecule has 0 fully saturated rings. The summed E-state index contributed by atoms with van der Waals surface area (Å²) in [5.41, 5.74) is 0.683. The van der Waals surface area contributed by atoms with Gasteiger partial charge in [0.25, 0.3) is 6.04 Å². The SMILES string of the molecule is O=[N+]([O-])C1Cc2ccccc2OC1F. The molecule has 1 aliphatic rings. The topological polar surface area (TPSA) is 52.4 Å². The van der Waals surface area contributed by atoms with E-state index in [1.807, 2.05) is 0 Å². The normalized spacial score (nSPS) is 24.9. The average molecular weight is 197 g/mol. The summed E-state index contributed by atoms with van der Waals surface area (Å²) >= 11 is 0. The molecule has 0 saturated carbocycles. The van der Waals surface area contributed by atoms with Gasteiger partial charge in [-0.1, -0.05) is 18.2 Å². The lowest BCUT2D eigenvalue weighted by Gasteiger charge is -2.22. The first kappa shape index (κ1) is 8.93. The van der Waals surface area contributed by atoms with Crippen LogP contribution in [0, 0.1) is 10.1 Å². The van der Waals surface area contributed by atoms with E-state index in [0.29, 0.717) is 11.3 Å². The van der Waals surface area contributed by atoms with E-state index in [1.165, 1.54) is 0 Å². The molecule has 2 rings (SSSR count). The maximum atomic E-state index is 13.1. The molecule has 2 unspecified atom stereocenters. The number of rotatable bonds is 1. The molecule has 1 aromatic carbocycles. The monoisotopic (exact) mass is 197 g/mol. The van der Waals surface area contributed by atoms with Crippen LogP contribution in [0.3, 0.4) is 0 Å². The van der Waals surface area contributed by atoms with Gasteiger partial charge < -0.3 is 4.74 Å². The molecule has 0 spiro atoms. The van der Waals surface area contributed by atoms with Gasteiger partial charge in [-0.15, -0.1) is 0 Å². The molecule has 0 amide bonds. The van der Waals surface area contributed by atoms with Crippen LogP contribution in [-0.2, 0) is 6.42 Å². The van der Waals surface area contributed by atoms with Crippen LogP contribution in [0.2, 0.25) is 0 Å². The van der Waals surface area contributed by atoms with Gasteiger partial charge in [0, 0.05) is 10.5 Å². The quantitative estimate of drug-likeness (QED) is 0.507. The van der Waals surface area contributed by atoms with Crippen LogP contribution in [0.25, 0.3) is 0 Å². The highest BCUT2D eigenvalue weighted by molar-refractivity contribution is 5.35. The van der Waals surface area contributed by atoms with E-state index >= 15 is 0 Å². The zero-order valence-corrected chi connectivity index (χ0v) is 7.22. The minimum Gasteiger partial charge on any atom is -0.453 e. The van der Waals surface area contributed by atoms with Crippen LogP contribution in [0.1, 0.15) is 5.56 Å². The Balaban J connectivity index is 2.31. The summed E-state index contributed by atoms with van der Waals surface area (Å²) in [4.78, 5) is 9.82. The molecule has 0 aliphatic carbocycles. The number of nitro groups is 1. The van der Waals surface area contributed by atoms with Crippen LogP contribution >= 0.6 is 0 Å². The number of fused-ring (bicyclic) bond motifs is 1. The second kappa shape index (κ2) is 3.25. The van der Waals surface area contributed by atoms with Crippen molar-refractivity contribution in [1.29, 1.82) is 0 Å². The van der Waals surface area contributed by atoms with E-state index in [9.17, 15) is 14.5 Å². The molecule has 0 radical (unpaired) electrons. The number of benzene rings is 1. The first-order valence-corrected chi connectivity index (χ1v) is 4.20. The van der Waals surface area contributed by atoms with Gasteiger partial charge in [0.15, 0.2) is 0 Å². The van der Waals surface area contributed by atoms with Gasteiger partial charge in [0.1, 0.15) is 5.75 Å². The lowest BCUT2D eigenvalue weighted by atomic mass is 10.0. The van der Waals surface area contributed by atoms with Crippen LogP contribution in [0.15, 0.2) is 24.3 Å². The molecule has 1 aliphatic heterocycles. The van der Waals surface area contributed by atoms with Crippen molar-refractivity contribution < 1.29 is 14.1 Å². The summed E-state index contributed by atoms with van der Waals surface area (Å²) < 4.78 is 17.9. The molecule has 74 valence electrons. The van der Waals surface area contributed by atoms with Gasteiger partial charge >= 0.3 is 6.36 Å². The molecule has 0 aromatic heterocycles. The Hall–Kier alpha value is -1.65. The molecule has 14 heavy (non-hydrogen) atoms. The van der Waals surface area contributed by atoms with Crippen molar-refractivity contribution in [3.63, 3.8) is 0 Å². The lowest BCUT2D eigenvalue weighted by molar-refractivity contribution is -0.541. The smallest absolute Gasteiger partial charge is 0.305 e. The summed E-state index contributed by atoms with van der Waals surface area (Å²) in [5.74, 6) is 0.401. The van der Waals surface area contributed by atoms with Crippen LogP contribution in [-0.4, -0.2) is 17.3 Å². The van der Waals surface area contributed by atoms with E-state index in [1.54, 1.807) is 24.3 Å². The Bertz CT molecular complexity index is 369. The predicted molar refractivity (Wildman–Crippen MR) is 46.5 cm³/mol. The lowest BCUT2D eigenvalue weighted by Crippen LogP contribution is -2.39. The van der Waals surface area contributed by atoms with E-state index < -0.39 is 17.3 Å². The van der Waals surface area contributed by atoms with E-state index in [-0.39, 0.29) is 6.42 Å². The summed E-state index contributed by atoms with van der Waals surface area (Å²) in [6.07, 6.45) is -1.76. The third-order valence-corrected chi connectivity index (χ3v) is 2.21. The molecule has 2 atom stereocenters. The van der Waals surface area contributed by atoms with Gasteiger partial charge in [-0.25, -0.2) is 0 Å². The highest BCUT2D eigenvalue weighted by Crippen LogP contribution is 2.28.